The van der Waals surface area contributed by atoms with Gasteiger partial charge in [0.05, 0.1) is 24.8 Å². The van der Waals surface area contributed by atoms with Crippen LogP contribution in [-0.2, 0) is 16.1 Å². The number of cyclic esters (lactones) is 1. The van der Waals surface area contributed by atoms with Crippen LogP contribution in [0.5, 0.6) is 0 Å². The maximum Gasteiger partial charge on any atom is 0.338 e. The summed E-state index contributed by atoms with van der Waals surface area (Å²) in [6.07, 6.45) is 3.56. The number of esters is 1. The van der Waals surface area contributed by atoms with E-state index in [2.05, 4.69) is 20.5 Å². The third-order valence-electron chi connectivity index (χ3n) is 4.96. The van der Waals surface area contributed by atoms with Crippen LogP contribution < -0.4 is 10.6 Å². The van der Waals surface area contributed by atoms with Crippen molar-refractivity contribution in [2.45, 2.75) is 12.6 Å². The van der Waals surface area contributed by atoms with Crippen LogP contribution in [0.4, 0.5) is 10.5 Å². The van der Waals surface area contributed by atoms with E-state index in [1.54, 1.807) is 24.4 Å². The number of fused-ring (bicyclic) bond motifs is 1. The molecule has 8 nitrogen and oxygen atoms in total. The lowest BCUT2D eigenvalue weighted by molar-refractivity contribution is 0.0167. The number of pyridine rings is 1. The van der Waals surface area contributed by atoms with Crippen molar-refractivity contribution in [3.8, 4) is 0 Å². The minimum Gasteiger partial charge on any atom is -0.457 e. The molecule has 28 heavy (non-hydrogen) atoms. The molecule has 8 heteroatoms. The van der Waals surface area contributed by atoms with Crippen molar-refractivity contribution >= 4 is 17.7 Å². The number of anilines is 1. The van der Waals surface area contributed by atoms with Crippen LogP contribution in [0.3, 0.4) is 0 Å². The SMILES string of the molecule is O=C(NCC(c1cccnc1)N1CCOCC1)Nc1ccc2c(c1)C(=O)OC2. The van der Waals surface area contributed by atoms with Crippen molar-refractivity contribution in [1.82, 2.24) is 15.2 Å². The van der Waals surface area contributed by atoms with Gasteiger partial charge in [-0.3, -0.25) is 9.88 Å². The fraction of sp³-hybridized carbons (Fsp3) is 0.350. The number of ether oxygens (including phenoxy) is 2. The standard InChI is InChI=1S/C20H22N4O4/c25-19-17-10-16(4-3-15(17)13-28-19)23-20(26)22-12-18(14-2-1-5-21-11-14)24-6-8-27-9-7-24/h1-5,10-11,18H,6-9,12-13H2,(H2,22,23,26). The number of nitrogens with zero attached hydrogens (tertiary/aromatic N) is 2. The Morgan fingerprint density at radius 3 is 2.89 bits per heavy atom. The predicted molar refractivity (Wildman–Crippen MR) is 102 cm³/mol. The number of nitrogens with one attached hydrogen (secondary N) is 2. The highest BCUT2D eigenvalue weighted by Gasteiger charge is 2.24. The number of urea groups is 1. The zero-order valence-corrected chi connectivity index (χ0v) is 15.4. The Balaban J connectivity index is 1.40. The van der Waals surface area contributed by atoms with Gasteiger partial charge >= 0.3 is 12.0 Å². The molecule has 1 unspecified atom stereocenters. The van der Waals surface area contributed by atoms with E-state index >= 15 is 0 Å². The Hall–Kier alpha value is -2.97. The highest BCUT2D eigenvalue weighted by atomic mass is 16.5. The summed E-state index contributed by atoms with van der Waals surface area (Å²) < 4.78 is 10.4. The molecule has 0 aliphatic carbocycles. The summed E-state index contributed by atoms with van der Waals surface area (Å²) in [5, 5.41) is 5.71. The van der Waals surface area contributed by atoms with E-state index in [-0.39, 0.29) is 24.6 Å². The number of carbonyl (C=O) groups excluding carboxylic acids is 2. The first kappa shape index (κ1) is 18.4. The van der Waals surface area contributed by atoms with Gasteiger partial charge in [-0.15, -0.1) is 0 Å². The van der Waals surface area contributed by atoms with Crippen molar-refractivity contribution in [1.29, 1.82) is 0 Å². The van der Waals surface area contributed by atoms with Gasteiger partial charge in [0, 0.05) is 43.3 Å². The average Bonchev–Trinajstić information content (AvgIpc) is 3.10. The van der Waals surface area contributed by atoms with Gasteiger partial charge in [-0.25, -0.2) is 9.59 Å². The van der Waals surface area contributed by atoms with E-state index in [4.69, 9.17) is 9.47 Å². The third kappa shape index (κ3) is 4.13. The van der Waals surface area contributed by atoms with E-state index in [0.717, 1.165) is 24.2 Å². The first-order valence-corrected chi connectivity index (χ1v) is 9.27. The van der Waals surface area contributed by atoms with Crippen LogP contribution >= 0.6 is 0 Å². The van der Waals surface area contributed by atoms with Crippen LogP contribution in [0, 0.1) is 0 Å². The topological polar surface area (TPSA) is 92.8 Å². The zero-order valence-electron chi connectivity index (χ0n) is 15.4. The number of hydrogen-bond donors (Lipinski definition) is 2. The molecule has 1 saturated heterocycles. The van der Waals surface area contributed by atoms with Gasteiger partial charge in [-0.1, -0.05) is 12.1 Å². The van der Waals surface area contributed by atoms with Gasteiger partial charge in [0.15, 0.2) is 0 Å². The van der Waals surface area contributed by atoms with Crippen LogP contribution in [0.2, 0.25) is 0 Å². The summed E-state index contributed by atoms with van der Waals surface area (Å²) in [6.45, 7) is 3.67. The minimum absolute atomic E-state index is 0.0124. The zero-order chi connectivity index (χ0) is 19.3. The number of benzene rings is 1. The molecule has 1 atom stereocenters. The molecule has 0 bridgehead atoms. The van der Waals surface area contributed by atoms with Gasteiger partial charge < -0.3 is 20.1 Å². The number of rotatable bonds is 5. The van der Waals surface area contributed by atoms with Crippen molar-refractivity contribution in [2.24, 2.45) is 0 Å². The molecule has 0 saturated carbocycles. The Morgan fingerprint density at radius 2 is 2.11 bits per heavy atom. The Bertz CT molecular complexity index is 853. The van der Waals surface area contributed by atoms with Crippen LogP contribution in [-0.4, -0.2) is 54.7 Å². The summed E-state index contributed by atoms with van der Waals surface area (Å²) >= 11 is 0. The summed E-state index contributed by atoms with van der Waals surface area (Å²) in [5.74, 6) is -0.358. The minimum atomic E-state index is -0.358. The van der Waals surface area contributed by atoms with E-state index in [1.165, 1.54) is 0 Å². The van der Waals surface area contributed by atoms with E-state index < -0.39 is 0 Å². The normalized spacial score (nSPS) is 17.5. The van der Waals surface area contributed by atoms with Crippen molar-refractivity contribution in [3.63, 3.8) is 0 Å². The second kappa shape index (κ2) is 8.37. The summed E-state index contributed by atoms with van der Waals surface area (Å²) in [4.78, 5) is 30.6. The molecule has 2 amide bonds. The number of morpholine rings is 1. The van der Waals surface area contributed by atoms with E-state index in [1.807, 2.05) is 18.3 Å². The first-order valence-electron chi connectivity index (χ1n) is 9.27. The van der Waals surface area contributed by atoms with Crippen LogP contribution in [0.25, 0.3) is 0 Å². The molecule has 2 aliphatic rings. The highest BCUT2D eigenvalue weighted by Crippen LogP contribution is 2.24. The smallest absolute Gasteiger partial charge is 0.338 e. The number of carbonyl (C=O) groups is 2. The first-order chi connectivity index (χ1) is 13.7. The number of aromatic nitrogens is 1. The molecule has 146 valence electrons. The van der Waals surface area contributed by atoms with Crippen LogP contribution in [0.15, 0.2) is 42.7 Å². The Morgan fingerprint density at radius 1 is 1.25 bits per heavy atom. The number of amides is 2. The van der Waals surface area contributed by atoms with Gasteiger partial charge in [0.2, 0.25) is 0 Å². The fourth-order valence-corrected chi connectivity index (χ4v) is 3.48. The Kier molecular flexibility index (Phi) is 5.50. The molecule has 2 aliphatic heterocycles. The number of hydrogen-bond acceptors (Lipinski definition) is 6. The maximum atomic E-state index is 12.4. The van der Waals surface area contributed by atoms with Crippen LogP contribution in [0.1, 0.15) is 27.5 Å². The van der Waals surface area contributed by atoms with Gasteiger partial charge in [-0.2, -0.15) is 0 Å². The molecule has 1 fully saturated rings. The van der Waals surface area contributed by atoms with E-state index in [0.29, 0.717) is 31.0 Å². The lowest BCUT2D eigenvalue weighted by atomic mass is 10.1. The second-order valence-corrected chi connectivity index (χ2v) is 6.73. The fourth-order valence-electron chi connectivity index (χ4n) is 3.48. The summed E-state index contributed by atoms with van der Waals surface area (Å²) in [5.41, 5.74) is 2.93. The maximum absolute atomic E-state index is 12.4. The Labute approximate surface area is 162 Å². The van der Waals surface area contributed by atoms with Crippen molar-refractivity contribution < 1.29 is 19.1 Å². The van der Waals surface area contributed by atoms with E-state index in [9.17, 15) is 9.59 Å². The van der Waals surface area contributed by atoms with Crippen molar-refractivity contribution in [3.05, 3.63) is 59.4 Å². The molecule has 0 spiro atoms. The molecule has 2 aromatic rings. The second-order valence-electron chi connectivity index (χ2n) is 6.73. The van der Waals surface area contributed by atoms with Crippen molar-refractivity contribution in [2.75, 3.05) is 38.2 Å². The lowest BCUT2D eigenvalue weighted by Crippen LogP contribution is -2.44. The molecular weight excluding hydrogens is 360 g/mol. The molecule has 0 radical (unpaired) electrons. The largest absolute Gasteiger partial charge is 0.457 e. The quantitative estimate of drug-likeness (QED) is 0.768. The van der Waals surface area contributed by atoms with Gasteiger partial charge in [0.25, 0.3) is 0 Å². The lowest BCUT2D eigenvalue weighted by Gasteiger charge is -2.34. The molecular formula is C20H22N4O4. The van der Waals surface area contributed by atoms with Gasteiger partial charge in [-0.05, 0) is 23.8 Å². The monoisotopic (exact) mass is 382 g/mol. The third-order valence-corrected chi connectivity index (χ3v) is 4.96. The van der Waals surface area contributed by atoms with Gasteiger partial charge in [0.1, 0.15) is 6.61 Å². The molecule has 2 N–H and O–H groups in total. The summed E-state index contributed by atoms with van der Waals surface area (Å²) in [7, 11) is 0. The molecule has 3 heterocycles. The summed E-state index contributed by atoms with van der Waals surface area (Å²) in [6, 6.07) is 8.80. The predicted octanol–water partition coefficient (Wildman–Crippen LogP) is 1.95. The molecule has 1 aromatic carbocycles. The molecule has 1 aromatic heterocycles. The highest BCUT2D eigenvalue weighted by molar-refractivity contribution is 5.96. The average molecular weight is 382 g/mol. The molecule has 4 rings (SSSR count).